The molecule has 2 aliphatic rings. The van der Waals surface area contributed by atoms with Gasteiger partial charge < -0.3 is 30.6 Å². The van der Waals surface area contributed by atoms with Gasteiger partial charge in [-0.3, -0.25) is 29.8 Å². The summed E-state index contributed by atoms with van der Waals surface area (Å²) in [6.07, 6.45) is 1.55. The molecule has 2 atom stereocenters. The highest BCUT2D eigenvalue weighted by molar-refractivity contribution is 6.05. The number of aryl methyl sites for hydroxylation is 1. The fourth-order valence-electron chi connectivity index (χ4n) is 7.91. The van der Waals surface area contributed by atoms with Crippen molar-refractivity contribution in [3.05, 3.63) is 107 Å². The topological polar surface area (TPSA) is 197 Å². The molecule has 6 rings (SSSR count). The van der Waals surface area contributed by atoms with Gasteiger partial charge in [-0.1, -0.05) is 66.7 Å². The lowest BCUT2D eigenvalue weighted by atomic mass is 9.93. The number of carbonyl (C=O) groups is 6. The molecular formula is C44H48N6O8. The minimum absolute atomic E-state index is 0.0600. The Morgan fingerprint density at radius 2 is 1.10 bits per heavy atom. The van der Waals surface area contributed by atoms with E-state index in [2.05, 4.69) is 21.3 Å². The van der Waals surface area contributed by atoms with Crippen LogP contribution in [0.3, 0.4) is 0 Å². The van der Waals surface area contributed by atoms with E-state index in [1.54, 1.807) is 41.8 Å². The molecule has 14 heteroatoms. The average molecular weight is 789 g/mol. The number of benzene rings is 4. The quantitative estimate of drug-likeness (QED) is 0.0912. The lowest BCUT2D eigenvalue weighted by molar-refractivity contribution is -0.139. The van der Waals surface area contributed by atoms with E-state index in [0.29, 0.717) is 53.9 Å². The van der Waals surface area contributed by atoms with Crippen LogP contribution in [0.5, 0.6) is 0 Å². The van der Waals surface area contributed by atoms with Gasteiger partial charge in [-0.25, -0.2) is 9.59 Å². The van der Waals surface area contributed by atoms with Crippen LogP contribution >= 0.6 is 0 Å². The van der Waals surface area contributed by atoms with Crippen LogP contribution in [0.4, 0.5) is 32.3 Å². The standard InChI is InChI=1S/C44H48N6O8/c1-27-23-33(40(48-44(57)58)28(2)39(27)47-42(54)36-18-10-12-22-50(36)38(52)25-30-15-7-4-8-16-30)32-20-19-31(26-34(32)46-43(55)56)45-41(53)35-17-9-11-21-49(35)37(51)24-29-13-5-3-6-14-29/h3-8,13-16,19-20,23,26,35-36,46,48H,9-12,17-18,21-22,24-25H2,1-2H3,(H,45,53)(H,47,54)(H,55,56)(H,57,58)/t35?,36-/m1/s1. The third-order valence-corrected chi connectivity index (χ3v) is 10.7. The Morgan fingerprint density at radius 1 is 0.586 bits per heavy atom. The molecule has 2 aliphatic heterocycles. The number of nitrogens with one attached hydrogen (secondary N) is 4. The first kappa shape index (κ1) is 40.9. The second-order valence-electron chi connectivity index (χ2n) is 14.7. The third-order valence-electron chi connectivity index (χ3n) is 10.7. The number of piperidine rings is 2. The Bertz CT molecular complexity index is 2200. The van der Waals surface area contributed by atoms with Crippen LogP contribution in [0.2, 0.25) is 0 Å². The van der Waals surface area contributed by atoms with Crippen molar-refractivity contribution in [2.24, 2.45) is 0 Å². The number of nitrogens with zero attached hydrogens (tertiary/aromatic N) is 2. The van der Waals surface area contributed by atoms with Crippen LogP contribution in [0, 0.1) is 13.8 Å². The van der Waals surface area contributed by atoms with Crippen LogP contribution in [0.1, 0.15) is 60.8 Å². The lowest BCUT2D eigenvalue weighted by Crippen LogP contribution is -2.50. The first-order chi connectivity index (χ1) is 27.9. The molecule has 0 spiro atoms. The number of likely N-dealkylation sites (tertiary alicyclic amines) is 2. The minimum atomic E-state index is -1.39. The Balaban J connectivity index is 1.26. The summed E-state index contributed by atoms with van der Waals surface area (Å²) in [7, 11) is 0. The number of hydrogen-bond acceptors (Lipinski definition) is 6. The zero-order chi connectivity index (χ0) is 41.3. The van der Waals surface area contributed by atoms with E-state index in [-0.39, 0.29) is 41.7 Å². The summed E-state index contributed by atoms with van der Waals surface area (Å²) in [6, 6.07) is 23.4. The molecule has 0 saturated carbocycles. The fourth-order valence-corrected chi connectivity index (χ4v) is 7.91. The van der Waals surface area contributed by atoms with Crippen LogP contribution in [-0.2, 0) is 32.0 Å². The highest BCUT2D eigenvalue weighted by atomic mass is 16.4. The van der Waals surface area contributed by atoms with Crippen molar-refractivity contribution < 1.29 is 39.0 Å². The molecule has 0 aromatic heterocycles. The molecule has 2 saturated heterocycles. The maximum Gasteiger partial charge on any atom is 0.409 e. The second-order valence-corrected chi connectivity index (χ2v) is 14.7. The summed E-state index contributed by atoms with van der Waals surface area (Å²) in [6.45, 7) is 4.26. The van der Waals surface area contributed by atoms with Gasteiger partial charge in [-0.05, 0) is 92.8 Å². The van der Waals surface area contributed by atoms with Crippen molar-refractivity contribution in [3.63, 3.8) is 0 Å². The first-order valence-electron chi connectivity index (χ1n) is 19.5. The number of anilines is 4. The zero-order valence-electron chi connectivity index (χ0n) is 32.5. The number of carboxylic acid groups (broad SMARTS) is 2. The molecule has 2 fully saturated rings. The van der Waals surface area contributed by atoms with Gasteiger partial charge in [0.05, 0.1) is 24.2 Å². The molecule has 58 heavy (non-hydrogen) atoms. The largest absolute Gasteiger partial charge is 0.465 e. The molecule has 4 aromatic carbocycles. The van der Waals surface area contributed by atoms with Crippen LogP contribution < -0.4 is 21.3 Å². The van der Waals surface area contributed by atoms with Crippen molar-refractivity contribution in [1.29, 1.82) is 0 Å². The number of rotatable bonds is 11. The summed E-state index contributed by atoms with van der Waals surface area (Å²) in [5.41, 5.74) is 4.03. The average Bonchev–Trinajstić information content (AvgIpc) is 3.21. The van der Waals surface area contributed by atoms with Crippen molar-refractivity contribution in [1.82, 2.24) is 9.80 Å². The molecule has 6 N–H and O–H groups in total. The summed E-state index contributed by atoms with van der Waals surface area (Å²) >= 11 is 0. The molecule has 6 amide bonds. The molecular weight excluding hydrogens is 741 g/mol. The molecule has 0 radical (unpaired) electrons. The summed E-state index contributed by atoms with van der Waals surface area (Å²) in [4.78, 5) is 81.8. The predicted octanol–water partition coefficient (Wildman–Crippen LogP) is 7.27. The highest BCUT2D eigenvalue weighted by Crippen LogP contribution is 2.42. The Hall–Kier alpha value is -6.70. The van der Waals surface area contributed by atoms with E-state index >= 15 is 0 Å². The second kappa shape index (κ2) is 18.5. The Morgan fingerprint density at radius 3 is 1.62 bits per heavy atom. The van der Waals surface area contributed by atoms with Crippen molar-refractivity contribution in [2.45, 2.75) is 77.3 Å². The van der Waals surface area contributed by atoms with E-state index in [4.69, 9.17) is 0 Å². The first-order valence-corrected chi connectivity index (χ1v) is 19.5. The van der Waals surface area contributed by atoms with Gasteiger partial charge in [0.15, 0.2) is 0 Å². The lowest BCUT2D eigenvalue weighted by Gasteiger charge is -2.35. The van der Waals surface area contributed by atoms with Gasteiger partial charge in [0.2, 0.25) is 23.6 Å². The summed E-state index contributed by atoms with van der Waals surface area (Å²) in [5.74, 6) is -1.12. The van der Waals surface area contributed by atoms with E-state index in [0.717, 1.165) is 36.8 Å². The van der Waals surface area contributed by atoms with Crippen molar-refractivity contribution in [2.75, 3.05) is 34.4 Å². The molecule has 302 valence electrons. The van der Waals surface area contributed by atoms with Gasteiger partial charge in [0.1, 0.15) is 12.1 Å². The molecule has 1 unspecified atom stereocenters. The monoisotopic (exact) mass is 788 g/mol. The fraction of sp³-hybridized carbons (Fsp3) is 0.318. The predicted molar refractivity (Wildman–Crippen MR) is 221 cm³/mol. The maximum atomic E-state index is 13.9. The van der Waals surface area contributed by atoms with E-state index in [9.17, 15) is 39.0 Å². The highest BCUT2D eigenvalue weighted by Gasteiger charge is 2.34. The van der Waals surface area contributed by atoms with Gasteiger partial charge >= 0.3 is 12.2 Å². The Kier molecular flexibility index (Phi) is 13.1. The SMILES string of the molecule is Cc1cc(-c2ccc(NC(=O)C3CCCCN3C(=O)Cc3ccccc3)cc2NC(=O)O)c(NC(=O)O)c(C)c1NC(=O)[C@H]1CCCCN1C(=O)Cc1ccccc1. The van der Waals surface area contributed by atoms with Crippen LogP contribution in [0.15, 0.2) is 84.9 Å². The number of carbonyl (C=O) groups excluding carboxylic acids is 4. The summed E-state index contributed by atoms with van der Waals surface area (Å²) in [5, 5.41) is 30.4. The molecule has 2 heterocycles. The smallest absolute Gasteiger partial charge is 0.409 e. The molecule has 0 aliphatic carbocycles. The van der Waals surface area contributed by atoms with Gasteiger partial charge in [0.25, 0.3) is 0 Å². The molecule has 0 bridgehead atoms. The molecule has 4 aromatic rings. The zero-order valence-corrected chi connectivity index (χ0v) is 32.5. The Labute approximate surface area is 336 Å². The molecule has 14 nitrogen and oxygen atoms in total. The minimum Gasteiger partial charge on any atom is -0.465 e. The third kappa shape index (κ3) is 9.81. The number of hydrogen-bond donors (Lipinski definition) is 6. The number of amides is 6. The van der Waals surface area contributed by atoms with Gasteiger partial charge in [-0.15, -0.1) is 0 Å². The van der Waals surface area contributed by atoms with E-state index in [1.165, 1.54) is 6.07 Å². The van der Waals surface area contributed by atoms with Crippen LogP contribution in [0.25, 0.3) is 11.1 Å². The van der Waals surface area contributed by atoms with Crippen molar-refractivity contribution >= 4 is 58.6 Å². The van der Waals surface area contributed by atoms with E-state index < -0.39 is 36.1 Å². The summed E-state index contributed by atoms with van der Waals surface area (Å²) < 4.78 is 0. The maximum absolute atomic E-state index is 13.9. The normalized spacial score (nSPS) is 16.5. The van der Waals surface area contributed by atoms with Crippen molar-refractivity contribution in [3.8, 4) is 11.1 Å². The van der Waals surface area contributed by atoms with Gasteiger partial charge in [0, 0.05) is 35.6 Å². The van der Waals surface area contributed by atoms with Crippen LogP contribution in [-0.4, -0.2) is 81.0 Å². The van der Waals surface area contributed by atoms with E-state index in [1.807, 2.05) is 60.7 Å². The van der Waals surface area contributed by atoms with Gasteiger partial charge in [-0.2, -0.15) is 0 Å².